The first-order chi connectivity index (χ1) is 9.42. The molecule has 3 rings (SSSR count). The zero-order valence-corrected chi connectivity index (χ0v) is 11.3. The molecule has 1 aromatic heterocycles. The van der Waals surface area contributed by atoms with E-state index in [9.17, 15) is 0 Å². The van der Waals surface area contributed by atoms with Gasteiger partial charge in [-0.25, -0.2) is 4.98 Å². The SMILES string of the molecule is c1ccc2nc(NCCC3CCCCC3)cnc2c1. The van der Waals surface area contributed by atoms with Crippen molar-refractivity contribution in [2.24, 2.45) is 5.92 Å². The highest BCUT2D eigenvalue weighted by atomic mass is 15.0. The van der Waals surface area contributed by atoms with Gasteiger partial charge >= 0.3 is 0 Å². The number of anilines is 1. The molecule has 3 heteroatoms. The lowest BCUT2D eigenvalue weighted by Gasteiger charge is -2.21. The topological polar surface area (TPSA) is 37.8 Å². The Balaban J connectivity index is 1.56. The molecular formula is C16H21N3. The van der Waals surface area contributed by atoms with Crippen molar-refractivity contribution in [3.8, 4) is 0 Å². The van der Waals surface area contributed by atoms with Gasteiger partial charge in [0.2, 0.25) is 0 Å². The average molecular weight is 255 g/mol. The normalized spacial score (nSPS) is 16.6. The van der Waals surface area contributed by atoms with E-state index >= 15 is 0 Å². The van der Waals surface area contributed by atoms with Crippen LogP contribution >= 0.6 is 0 Å². The largest absolute Gasteiger partial charge is 0.369 e. The second-order valence-electron chi connectivity index (χ2n) is 5.46. The molecule has 0 spiro atoms. The molecular weight excluding hydrogens is 234 g/mol. The van der Waals surface area contributed by atoms with Crippen LogP contribution in [0.5, 0.6) is 0 Å². The van der Waals surface area contributed by atoms with Crippen LogP contribution in [0.25, 0.3) is 11.0 Å². The molecule has 0 amide bonds. The van der Waals surface area contributed by atoms with Gasteiger partial charge in [0.1, 0.15) is 5.82 Å². The number of hydrogen-bond donors (Lipinski definition) is 1. The van der Waals surface area contributed by atoms with Gasteiger partial charge in [-0.15, -0.1) is 0 Å². The Labute approximate surface area is 114 Å². The Hall–Kier alpha value is -1.64. The molecule has 0 saturated heterocycles. The quantitative estimate of drug-likeness (QED) is 0.897. The van der Waals surface area contributed by atoms with E-state index in [1.54, 1.807) is 0 Å². The van der Waals surface area contributed by atoms with Crippen molar-refractivity contribution < 1.29 is 0 Å². The van der Waals surface area contributed by atoms with Crippen LogP contribution < -0.4 is 5.32 Å². The van der Waals surface area contributed by atoms with Gasteiger partial charge in [0.15, 0.2) is 0 Å². The smallest absolute Gasteiger partial charge is 0.145 e. The molecule has 100 valence electrons. The molecule has 1 N–H and O–H groups in total. The summed E-state index contributed by atoms with van der Waals surface area (Å²) in [4.78, 5) is 9.01. The number of benzene rings is 1. The molecule has 1 fully saturated rings. The van der Waals surface area contributed by atoms with Crippen molar-refractivity contribution in [2.75, 3.05) is 11.9 Å². The zero-order valence-electron chi connectivity index (χ0n) is 11.3. The minimum absolute atomic E-state index is 0.898. The molecule has 1 saturated carbocycles. The Morgan fingerprint density at radius 1 is 1.05 bits per heavy atom. The van der Waals surface area contributed by atoms with E-state index in [2.05, 4.69) is 15.3 Å². The van der Waals surface area contributed by atoms with Gasteiger partial charge in [-0.1, -0.05) is 44.2 Å². The third kappa shape index (κ3) is 3.22. The van der Waals surface area contributed by atoms with Crippen molar-refractivity contribution in [2.45, 2.75) is 38.5 Å². The molecule has 2 aromatic rings. The van der Waals surface area contributed by atoms with E-state index in [0.717, 1.165) is 29.3 Å². The number of para-hydroxylation sites is 2. The van der Waals surface area contributed by atoms with Crippen molar-refractivity contribution in [1.29, 1.82) is 0 Å². The van der Waals surface area contributed by atoms with E-state index in [4.69, 9.17) is 0 Å². The van der Waals surface area contributed by atoms with Crippen molar-refractivity contribution in [1.82, 2.24) is 9.97 Å². The summed E-state index contributed by atoms with van der Waals surface area (Å²) in [6.07, 6.45) is 10.2. The van der Waals surface area contributed by atoms with Gasteiger partial charge in [0, 0.05) is 6.54 Å². The Morgan fingerprint density at radius 3 is 2.68 bits per heavy atom. The highest BCUT2D eigenvalue weighted by molar-refractivity contribution is 5.75. The Morgan fingerprint density at radius 2 is 1.84 bits per heavy atom. The van der Waals surface area contributed by atoms with Crippen molar-refractivity contribution in [3.63, 3.8) is 0 Å². The fourth-order valence-corrected chi connectivity index (χ4v) is 2.92. The maximum Gasteiger partial charge on any atom is 0.145 e. The highest BCUT2D eigenvalue weighted by Gasteiger charge is 2.12. The van der Waals surface area contributed by atoms with Crippen LogP contribution in [-0.4, -0.2) is 16.5 Å². The molecule has 0 radical (unpaired) electrons. The third-order valence-electron chi connectivity index (χ3n) is 4.03. The van der Waals surface area contributed by atoms with Crippen LogP contribution in [0.3, 0.4) is 0 Å². The minimum Gasteiger partial charge on any atom is -0.369 e. The fourth-order valence-electron chi connectivity index (χ4n) is 2.92. The molecule has 0 aliphatic heterocycles. The van der Waals surface area contributed by atoms with Gasteiger partial charge < -0.3 is 5.32 Å². The monoisotopic (exact) mass is 255 g/mol. The summed E-state index contributed by atoms with van der Waals surface area (Å²) in [5, 5.41) is 3.41. The van der Waals surface area contributed by atoms with Crippen LogP contribution in [-0.2, 0) is 0 Å². The number of aromatic nitrogens is 2. The average Bonchev–Trinajstić information content (AvgIpc) is 2.48. The summed E-state index contributed by atoms with van der Waals surface area (Å²) in [5.41, 5.74) is 1.92. The standard InChI is InChI=1S/C16H21N3/c1-2-6-13(7-3-1)10-11-17-16-12-18-14-8-4-5-9-15(14)19-16/h4-5,8-9,12-13H,1-3,6-7,10-11H2,(H,17,19). The summed E-state index contributed by atoms with van der Waals surface area (Å²) in [7, 11) is 0. The highest BCUT2D eigenvalue weighted by Crippen LogP contribution is 2.26. The van der Waals surface area contributed by atoms with Crippen LogP contribution in [0.4, 0.5) is 5.82 Å². The molecule has 1 aromatic carbocycles. The number of hydrogen-bond acceptors (Lipinski definition) is 3. The first-order valence-corrected chi connectivity index (χ1v) is 7.37. The van der Waals surface area contributed by atoms with Gasteiger partial charge in [-0.3, -0.25) is 4.98 Å². The van der Waals surface area contributed by atoms with Gasteiger partial charge in [-0.2, -0.15) is 0 Å². The van der Waals surface area contributed by atoms with Gasteiger partial charge in [-0.05, 0) is 24.5 Å². The number of fused-ring (bicyclic) bond motifs is 1. The number of nitrogens with zero attached hydrogens (tertiary/aromatic N) is 2. The zero-order chi connectivity index (χ0) is 12.9. The van der Waals surface area contributed by atoms with E-state index in [0.29, 0.717) is 0 Å². The molecule has 1 aliphatic rings. The van der Waals surface area contributed by atoms with E-state index in [1.165, 1.54) is 38.5 Å². The van der Waals surface area contributed by atoms with E-state index < -0.39 is 0 Å². The predicted molar refractivity (Wildman–Crippen MR) is 79.2 cm³/mol. The van der Waals surface area contributed by atoms with Gasteiger partial charge in [0.25, 0.3) is 0 Å². The summed E-state index contributed by atoms with van der Waals surface area (Å²) < 4.78 is 0. The fraction of sp³-hybridized carbons (Fsp3) is 0.500. The molecule has 1 aliphatic carbocycles. The number of nitrogens with one attached hydrogen (secondary N) is 1. The minimum atomic E-state index is 0.898. The lowest BCUT2D eigenvalue weighted by atomic mass is 9.87. The predicted octanol–water partition coefficient (Wildman–Crippen LogP) is 4.01. The summed E-state index contributed by atoms with van der Waals surface area (Å²) in [5.74, 6) is 1.81. The molecule has 3 nitrogen and oxygen atoms in total. The third-order valence-corrected chi connectivity index (χ3v) is 4.03. The molecule has 19 heavy (non-hydrogen) atoms. The maximum absolute atomic E-state index is 4.58. The van der Waals surface area contributed by atoms with Crippen molar-refractivity contribution >= 4 is 16.9 Å². The van der Waals surface area contributed by atoms with Crippen LogP contribution in [0.1, 0.15) is 38.5 Å². The van der Waals surface area contributed by atoms with E-state index in [-0.39, 0.29) is 0 Å². The second kappa shape index (κ2) is 6.00. The van der Waals surface area contributed by atoms with Crippen LogP contribution in [0.2, 0.25) is 0 Å². The van der Waals surface area contributed by atoms with Crippen LogP contribution in [0, 0.1) is 5.92 Å². The Kier molecular flexibility index (Phi) is 3.92. The molecule has 1 heterocycles. The summed E-state index contributed by atoms with van der Waals surface area (Å²) >= 11 is 0. The second-order valence-corrected chi connectivity index (χ2v) is 5.46. The van der Waals surface area contributed by atoms with Gasteiger partial charge in [0.05, 0.1) is 17.2 Å². The summed E-state index contributed by atoms with van der Waals surface area (Å²) in [6, 6.07) is 8.00. The lowest BCUT2D eigenvalue weighted by molar-refractivity contribution is 0.345. The summed E-state index contributed by atoms with van der Waals surface area (Å²) in [6.45, 7) is 1.01. The maximum atomic E-state index is 4.58. The number of rotatable bonds is 4. The Bertz CT molecular complexity index is 532. The molecule has 0 unspecified atom stereocenters. The lowest BCUT2D eigenvalue weighted by Crippen LogP contribution is -2.12. The van der Waals surface area contributed by atoms with E-state index in [1.807, 2.05) is 30.5 Å². The molecule has 0 bridgehead atoms. The molecule has 0 atom stereocenters. The first kappa shape index (κ1) is 12.4. The van der Waals surface area contributed by atoms with Crippen LogP contribution in [0.15, 0.2) is 30.5 Å². The van der Waals surface area contributed by atoms with Crippen molar-refractivity contribution in [3.05, 3.63) is 30.5 Å². The first-order valence-electron chi connectivity index (χ1n) is 7.37.